The van der Waals surface area contributed by atoms with E-state index in [0.717, 1.165) is 26.1 Å². The number of fused-ring (bicyclic) bond motifs is 1. The summed E-state index contributed by atoms with van der Waals surface area (Å²) < 4.78 is 17.8. The minimum absolute atomic E-state index is 0.152. The van der Waals surface area contributed by atoms with Gasteiger partial charge in [0.05, 0.1) is 6.10 Å². The van der Waals surface area contributed by atoms with E-state index in [1.807, 2.05) is 0 Å². The van der Waals surface area contributed by atoms with Crippen molar-refractivity contribution in [2.45, 2.75) is 56.9 Å². The Morgan fingerprint density at radius 1 is 1.29 bits per heavy atom. The van der Waals surface area contributed by atoms with Gasteiger partial charge in [0.25, 0.3) is 0 Å². The first-order valence-electron chi connectivity index (χ1n) is 8.42. The fraction of sp³-hybridized carbons (Fsp3) is 1.00. The number of nitrogens with zero attached hydrogens (tertiary/aromatic N) is 1. The van der Waals surface area contributed by atoms with Gasteiger partial charge in [0.1, 0.15) is 5.60 Å². The van der Waals surface area contributed by atoms with Crippen molar-refractivity contribution in [2.24, 2.45) is 17.8 Å². The maximum absolute atomic E-state index is 10.8. The smallest absolute Gasteiger partial charge is 0.166 e. The van der Waals surface area contributed by atoms with Crippen LogP contribution in [0.25, 0.3) is 0 Å². The first-order chi connectivity index (χ1) is 10.2. The normalized spacial score (nSPS) is 53.3. The lowest BCUT2D eigenvalue weighted by atomic mass is 9.73. The molecule has 5 heteroatoms. The zero-order valence-electron chi connectivity index (χ0n) is 13.0. The van der Waals surface area contributed by atoms with Crippen molar-refractivity contribution in [3.63, 3.8) is 0 Å². The van der Waals surface area contributed by atoms with Crippen LogP contribution in [0.15, 0.2) is 0 Å². The molecule has 4 aliphatic heterocycles. The first-order valence-corrected chi connectivity index (χ1v) is 8.42. The molecule has 0 radical (unpaired) electrons. The number of methoxy groups -OCH3 is 1. The van der Waals surface area contributed by atoms with Gasteiger partial charge in [-0.1, -0.05) is 13.3 Å². The van der Waals surface area contributed by atoms with Crippen molar-refractivity contribution in [1.29, 1.82) is 0 Å². The molecule has 0 aromatic rings. The molecule has 7 atom stereocenters. The molecule has 5 rings (SSSR count). The monoisotopic (exact) mass is 297 g/mol. The van der Waals surface area contributed by atoms with Gasteiger partial charge in [-0.15, -0.1) is 0 Å². The van der Waals surface area contributed by atoms with Gasteiger partial charge in [-0.2, -0.15) is 0 Å². The second kappa shape index (κ2) is 5.17. The zero-order valence-corrected chi connectivity index (χ0v) is 13.0. The summed E-state index contributed by atoms with van der Waals surface area (Å²) in [5, 5.41) is 10.8. The second-order valence-electron chi connectivity index (χ2n) is 7.32. The SMILES string of the molecule is CO[C@H]1O[C@H]2O[C@]3(CN4CCCCC4)[C@@H]1[C@H](C[C@H]3O)[C@@H]2C. The molecule has 0 unspecified atom stereocenters. The Labute approximate surface area is 126 Å². The Morgan fingerprint density at radius 2 is 2.05 bits per heavy atom. The summed E-state index contributed by atoms with van der Waals surface area (Å²) in [6.45, 7) is 5.24. The lowest BCUT2D eigenvalue weighted by Crippen LogP contribution is -2.68. The highest BCUT2D eigenvalue weighted by molar-refractivity contribution is 5.13. The zero-order chi connectivity index (χ0) is 14.6. The number of hydrogen-bond donors (Lipinski definition) is 1. The topological polar surface area (TPSA) is 51.2 Å². The van der Waals surface area contributed by atoms with Gasteiger partial charge in [0, 0.05) is 25.5 Å². The van der Waals surface area contributed by atoms with Gasteiger partial charge in [-0.3, -0.25) is 0 Å². The van der Waals surface area contributed by atoms with Crippen LogP contribution in [0, 0.1) is 17.8 Å². The first kappa shape index (κ1) is 14.4. The standard InChI is InChI=1S/C16H27NO4/c1-10-11-8-12(18)16(9-17-6-4-3-5-7-17)13(11)15(19-2)20-14(10)21-16/h10-15,18H,3-9H2,1-2H3/t10-,11+,12+,13+,14-,15-,16-/m0/s1. The molecule has 0 spiro atoms. The van der Waals surface area contributed by atoms with E-state index in [9.17, 15) is 5.11 Å². The van der Waals surface area contributed by atoms with Crippen molar-refractivity contribution in [3.05, 3.63) is 0 Å². The van der Waals surface area contributed by atoms with E-state index < -0.39 is 11.7 Å². The predicted octanol–water partition coefficient (Wildman–Crippen LogP) is 1.20. The van der Waals surface area contributed by atoms with E-state index in [0.29, 0.717) is 11.8 Å². The van der Waals surface area contributed by atoms with E-state index in [2.05, 4.69) is 11.8 Å². The second-order valence-corrected chi connectivity index (χ2v) is 7.32. The van der Waals surface area contributed by atoms with Crippen molar-refractivity contribution >= 4 is 0 Å². The molecule has 4 heterocycles. The summed E-state index contributed by atoms with van der Waals surface area (Å²) in [7, 11) is 1.70. The molecule has 5 nitrogen and oxygen atoms in total. The molecule has 1 aliphatic carbocycles. The number of aliphatic hydroxyl groups excluding tert-OH is 1. The highest BCUT2D eigenvalue weighted by atomic mass is 16.8. The quantitative estimate of drug-likeness (QED) is 0.848. The third-order valence-electron chi connectivity index (χ3n) is 6.24. The number of aliphatic hydroxyl groups is 1. The summed E-state index contributed by atoms with van der Waals surface area (Å²) in [6.07, 6.45) is 3.79. The molecule has 1 N–H and O–H groups in total. The van der Waals surface area contributed by atoms with Gasteiger partial charge in [0.15, 0.2) is 12.6 Å². The molecular weight excluding hydrogens is 270 g/mol. The van der Waals surface area contributed by atoms with E-state index in [-0.39, 0.29) is 18.5 Å². The van der Waals surface area contributed by atoms with E-state index >= 15 is 0 Å². The largest absolute Gasteiger partial charge is 0.390 e. The molecule has 4 saturated heterocycles. The summed E-state index contributed by atoms with van der Waals surface area (Å²) >= 11 is 0. The van der Waals surface area contributed by atoms with Crippen LogP contribution in [0.2, 0.25) is 0 Å². The highest BCUT2D eigenvalue weighted by Gasteiger charge is 2.69. The Bertz CT molecular complexity index is 400. The molecule has 0 aromatic carbocycles. The van der Waals surface area contributed by atoms with E-state index in [1.165, 1.54) is 19.3 Å². The van der Waals surface area contributed by atoms with E-state index in [4.69, 9.17) is 14.2 Å². The summed E-state index contributed by atoms with van der Waals surface area (Å²) in [5.74, 6) is 0.940. The Balaban J connectivity index is 1.62. The predicted molar refractivity (Wildman–Crippen MR) is 76.5 cm³/mol. The number of likely N-dealkylation sites (tertiary alicyclic amines) is 1. The third kappa shape index (κ3) is 2.01. The van der Waals surface area contributed by atoms with Crippen LogP contribution in [0.4, 0.5) is 0 Å². The molecule has 5 aliphatic rings. The van der Waals surface area contributed by atoms with Gasteiger partial charge < -0.3 is 24.2 Å². The van der Waals surface area contributed by atoms with Crippen molar-refractivity contribution < 1.29 is 19.3 Å². The number of hydrogen-bond acceptors (Lipinski definition) is 5. The molecule has 21 heavy (non-hydrogen) atoms. The fourth-order valence-electron chi connectivity index (χ4n) is 5.13. The van der Waals surface area contributed by atoms with Crippen LogP contribution < -0.4 is 0 Å². The van der Waals surface area contributed by atoms with Crippen LogP contribution in [-0.2, 0) is 14.2 Å². The summed E-state index contributed by atoms with van der Waals surface area (Å²) in [4.78, 5) is 2.47. The van der Waals surface area contributed by atoms with Crippen LogP contribution in [0.3, 0.4) is 0 Å². The van der Waals surface area contributed by atoms with Crippen molar-refractivity contribution in [1.82, 2.24) is 4.90 Å². The van der Waals surface area contributed by atoms with Gasteiger partial charge in [-0.05, 0) is 38.3 Å². The summed E-state index contributed by atoms with van der Waals surface area (Å²) in [5.41, 5.74) is -0.488. The molecular formula is C16H27NO4. The molecule has 120 valence electrons. The average molecular weight is 297 g/mol. The minimum Gasteiger partial charge on any atom is -0.390 e. The third-order valence-corrected chi connectivity index (χ3v) is 6.24. The molecule has 5 fully saturated rings. The molecule has 4 bridgehead atoms. The lowest BCUT2D eigenvalue weighted by molar-refractivity contribution is -0.410. The molecule has 1 saturated carbocycles. The fourth-order valence-corrected chi connectivity index (χ4v) is 5.13. The highest BCUT2D eigenvalue weighted by Crippen LogP contribution is 2.58. The van der Waals surface area contributed by atoms with Crippen LogP contribution >= 0.6 is 0 Å². The Morgan fingerprint density at radius 3 is 2.76 bits per heavy atom. The summed E-state index contributed by atoms with van der Waals surface area (Å²) in [6, 6.07) is 0. The van der Waals surface area contributed by atoms with Crippen LogP contribution in [0.5, 0.6) is 0 Å². The van der Waals surface area contributed by atoms with Crippen molar-refractivity contribution in [2.75, 3.05) is 26.7 Å². The van der Waals surface area contributed by atoms with Crippen molar-refractivity contribution in [3.8, 4) is 0 Å². The van der Waals surface area contributed by atoms with Crippen LogP contribution in [0.1, 0.15) is 32.6 Å². The maximum Gasteiger partial charge on any atom is 0.166 e. The van der Waals surface area contributed by atoms with E-state index in [1.54, 1.807) is 7.11 Å². The molecule has 0 amide bonds. The van der Waals surface area contributed by atoms with Crippen LogP contribution in [-0.4, -0.2) is 61.0 Å². The van der Waals surface area contributed by atoms with Gasteiger partial charge >= 0.3 is 0 Å². The lowest BCUT2D eigenvalue weighted by Gasteiger charge is -2.56. The van der Waals surface area contributed by atoms with Gasteiger partial charge in [-0.25, -0.2) is 0 Å². The van der Waals surface area contributed by atoms with Gasteiger partial charge in [0.2, 0.25) is 0 Å². The maximum atomic E-state index is 10.8. The Kier molecular flexibility index (Phi) is 3.54. The number of ether oxygens (including phenoxy) is 3. The number of rotatable bonds is 3. The molecule has 0 aromatic heterocycles. The minimum atomic E-state index is -0.488. The number of piperidine rings is 1. The average Bonchev–Trinajstić information content (AvgIpc) is 2.75. The Hall–Kier alpha value is -0.200.